The van der Waals surface area contributed by atoms with Crippen molar-refractivity contribution in [1.29, 1.82) is 0 Å². The molecule has 0 aliphatic carbocycles. The maximum absolute atomic E-state index is 15.1. The lowest BCUT2D eigenvalue weighted by molar-refractivity contribution is -0.160. The number of aromatic nitrogens is 2. The van der Waals surface area contributed by atoms with Gasteiger partial charge in [-0.25, -0.2) is 9.37 Å². The Morgan fingerprint density at radius 3 is 2.54 bits per heavy atom. The number of fused-ring (bicyclic) bond motifs is 1. The molecule has 10 heteroatoms. The molecule has 1 aromatic heterocycles. The normalized spacial score (nSPS) is 29.9. The lowest BCUT2D eigenvalue weighted by Gasteiger charge is -2.28. The Morgan fingerprint density at radius 2 is 1.96 bits per heavy atom. The zero-order valence-electron chi connectivity index (χ0n) is 13.7. The van der Waals surface area contributed by atoms with Gasteiger partial charge in [0, 0.05) is 0 Å². The number of nitrogens with zero attached hydrogens (tertiary/aromatic N) is 2. The Balaban J connectivity index is 2.11. The zero-order chi connectivity index (χ0) is 19.4. The fourth-order valence-corrected chi connectivity index (χ4v) is 3.37. The van der Waals surface area contributed by atoms with Crippen LogP contribution >= 0.6 is 23.2 Å². The van der Waals surface area contributed by atoms with Crippen LogP contribution < -0.4 is 0 Å². The SMILES string of the molecule is CC(=O)C(O)[C@H]1O[C@@H](n2cnc3cc(Cl)c(Cl)cc32)[C@H](F)[C@@]1(O)C(C)=O. The molecule has 26 heavy (non-hydrogen) atoms. The van der Waals surface area contributed by atoms with E-state index in [2.05, 4.69) is 4.98 Å². The number of ether oxygens (including phenoxy) is 1. The molecule has 3 rings (SSSR count). The first-order valence-corrected chi connectivity index (χ1v) is 8.37. The van der Waals surface area contributed by atoms with Crippen molar-refractivity contribution in [2.45, 2.75) is 44.1 Å². The summed E-state index contributed by atoms with van der Waals surface area (Å²) in [6, 6.07) is 2.90. The number of hydrogen-bond acceptors (Lipinski definition) is 6. The van der Waals surface area contributed by atoms with Gasteiger partial charge in [-0.2, -0.15) is 0 Å². The minimum Gasteiger partial charge on any atom is -0.382 e. The minimum absolute atomic E-state index is 0.191. The molecule has 1 aliphatic rings. The van der Waals surface area contributed by atoms with E-state index in [1.165, 1.54) is 23.0 Å². The maximum atomic E-state index is 15.1. The number of halogens is 3. The van der Waals surface area contributed by atoms with Crippen LogP contribution in [0.25, 0.3) is 11.0 Å². The van der Waals surface area contributed by atoms with E-state index in [4.69, 9.17) is 27.9 Å². The van der Waals surface area contributed by atoms with Crippen LogP contribution in [0, 0.1) is 0 Å². The third kappa shape index (κ3) is 2.73. The summed E-state index contributed by atoms with van der Waals surface area (Å²) >= 11 is 11.9. The Kier molecular flexibility index (Phi) is 4.83. The first-order chi connectivity index (χ1) is 12.1. The average Bonchev–Trinajstić information content (AvgIpc) is 3.07. The molecule has 1 unspecified atom stereocenters. The highest BCUT2D eigenvalue weighted by molar-refractivity contribution is 6.42. The van der Waals surface area contributed by atoms with E-state index in [1.54, 1.807) is 0 Å². The molecule has 0 amide bonds. The van der Waals surface area contributed by atoms with Crippen LogP contribution in [0.1, 0.15) is 20.1 Å². The predicted molar refractivity (Wildman–Crippen MR) is 90.9 cm³/mol. The molecule has 1 fully saturated rings. The lowest BCUT2D eigenvalue weighted by atomic mass is 9.85. The summed E-state index contributed by atoms with van der Waals surface area (Å²) in [6.07, 6.45) is -6.17. The number of hydrogen-bond donors (Lipinski definition) is 2. The van der Waals surface area contributed by atoms with Crippen LogP contribution in [0.5, 0.6) is 0 Å². The van der Waals surface area contributed by atoms with E-state index in [1.807, 2.05) is 0 Å². The molecule has 0 bridgehead atoms. The van der Waals surface area contributed by atoms with Crippen molar-refractivity contribution in [1.82, 2.24) is 9.55 Å². The molecule has 1 aliphatic heterocycles. The number of alkyl halides is 1. The molecular weight excluding hydrogens is 390 g/mol. The summed E-state index contributed by atoms with van der Waals surface area (Å²) in [6.45, 7) is 2.00. The van der Waals surface area contributed by atoms with Gasteiger partial charge in [-0.1, -0.05) is 23.2 Å². The number of Topliss-reactive ketones (excluding diaryl/α,β-unsaturated/α-hetero) is 2. The quantitative estimate of drug-likeness (QED) is 0.805. The van der Waals surface area contributed by atoms with Crippen molar-refractivity contribution < 1.29 is 28.9 Å². The molecule has 1 aromatic carbocycles. The molecule has 2 N–H and O–H groups in total. The van der Waals surface area contributed by atoms with Gasteiger partial charge < -0.3 is 19.5 Å². The molecular formula is C16H15Cl2FN2O5. The second-order valence-electron chi connectivity index (χ2n) is 6.19. The number of aliphatic hydroxyl groups is 2. The second-order valence-corrected chi connectivity index (χ2v) is 7.01. The number of carbonyl (C=O) groups is 2. The van der Waals surface area contributed by atoms with Crippen molar-refractivity contribution >= 4 is 45.8 Å². The van der Waals surface area contributed by atoms with Crippen LogP contribution in [-0.4, -0.2) is 55.3 Å². The third-order valence-corrected chi connectivity index (χ3v) is 5.27. The second kappa shape index (κ2) is 6.54. The van der Waals surface area contributed by atoms with Crippen LogP contribution in [0.2, 0.25) is 10.0 Å². The van der Waals surface area contributed by atoms with E-state index in [0.717, 1.165) is 13.8 Å². The Bertz CT molecular complexity index is 904. The topological polar surface area (TPSA) is 102 Å². The molecule has 1 saturated heterocycles. The average molecular weight is 405 g/mol. The number of aliphatic hydroxyl groups excluding tert-OH is 1. The predicted octanol–water partition coefficient (Wildman–Crippen LogP) is 1.85. The smallest absolute Gasteiger partial charge is 0.187 e. The maximum Gasteiger partial charge on any atom is 0.187 e. The van der Waals surface area contributed by atoms with Gasteiger partial charge in [0.1, 0.15) is 12.2 Å². The monoisotopic (exact) mass is 404 g/mol. The number of imidazole rings is 1. The summed E-state index contributed by atoms with van der Waals surface area (Å²) in [5.74, 6) is -1.74. The first-order valence-electron chi connectivity index (χ1n) is 7.62. The number of carbonyl (C=O) groups excluding carboxylic acids is 2. The van der Waals surface area contributed by atoms with Crippen molar-refractivity contribution in [3.05, 3.63) is 28.5 Å². The Morgan fingerprint density at radius 1 is 1.35 bits per heavy atom. The van der Waals surface area contributed by atoms with Crippen molar-refractivity contribution in [3.8, 4) is 0 Å². The highest BCUT2D eigenvalue weighted by atomic mass is 35.5. The van der Waals surface area contributed by atoms with Gasteiger partial charge in [-0.3, -0.25) is 9.59 Å². The van der Waals surface area contributed by atoms with Gasteiger partial charge in [0.15, 0.2) is 29.6 Å². The third-order valence-electron chi connectivity index (χ3n) is 4.55. The van der Waals surface area contributed by atoms with Gasteiger partial charge in [-0.15, -0.1) is 0 Å². The summed E-state index contributed by atoms with van der Waals surface area (Å²) in [5, 5.41) is 21.1. The summed E-state index contributed by atoms with van der Waals surface area (Å²) in [4.78, 5) is 27.5. The van der Waals surface area contributed by atoms with E-state index in [0.29, 0.717) is 11.0 Å². The van der Waals surface area contributed by atoms with Gasteiger partial charge in [-0.05, 0) is 26.0 Å². The van der Waals surface area contributed by atoms with Gasteiger partial charge in [0.05, 0.1) is 27.4 Å². The van der Waals surface area contributed by atoms with Gasteiger partial charge >= 0.3 is 0 Å². The molecule has 0 radical (unpaired) electrons. The largest absolute Gasteiger partial charge is 0.382 e. The highest BCUT2D eigenvalue weighted by Crippen LogP contribution is 2.43. The van der Waals surface area contributed by atoms with Crippen molar-refractivity contribution in [2.75, 3.05) is 0 Å². The number of ketones is 2. The molecule has 7 nitrogen and oxygen atoms in total. The summed E-state index contributed by atoms with van der Waals surface area (Å²) < 4.78 is 21.8. The van der Waals surface area contributed by atoms with E-state index in [9.17, 15) is 19.8 Å². The Labute approximate surface area is 157 Å². The Hall–Kier alpha value is -1.58. The van der Waals surface area contributed by atoms with Crippen LogP contribution in [-0.2, 0) is 14.3 Å². The molecule has 140 valence electrons. The van der Waals surface area contributed by atoms with E-state index < -0.39 is 41.8 Å². The van der Waals surface area contributed by atoms with Gasteiger partial charge in [0.25, 0.3) is 0 Å². The van der Waals surface area contributed by atoms with Crippen molar-refractivity contribution in [3.63, 3.8) is 0 Å². The minimum atomic E-state index is -2.69. The fourth-order valence-electron chi connectivity index (χ4n) is 3.05. The number of benzene rings is 1. The summed E-state index contributed by atoms with van der Waals surface area (Å²) in [7, 11) is 0. The standard InChI is InChI=1S/C16H15Cl2FN2O5/c1-6(22)12(24)14-16(25,7(2)23)13(19)15(26-14)21-5-20-10-3-8(17)9(18)4-11(10)21/h3-5,12-15,24-25H,1-2H3/t12?,13-,14+,15+,16-/m0/s1. The van der Waals surface area contributed by atoms with Crippen molar-refractivity contribution in [2.24, 2.45) is 0 Å². The molecule has 0 spiro atoms. The molecule has 0 saturated carbocycles. The van der Waals surface area contributed by atoms with Gasteiger partial charge in [0.2, 0.25) is 0 Å². The number of rotatable bonds is 4. The first kappa shape index (κ1) is 19.2. The van der Waals surface area contributed by atoms with Crippen LogP contribution in [0.15, 0.2) is 18.5 Å². The molecule has 2 aromatic rings. The van der Waals surface area contributed by atoms with E-state index in [-0.39, 0.29) is 10.0 Å². The molecule has 2 heterocycles. The molecule has 5 atom stereocenters. The van der Waals surface area contributed by atoms with Crippen LogP contribution in [0.3, 0.4) is 0 Å². The van der Waals surface area contributed by atoms with E-state index >= 15 is 4.39 Å². The highest BCUT2D eigenvalue weighted by Gasteiger charge is 2.63. The zero-order valence-corrected chi connectivity index (χ0v) is 15.2. The van der Waals surface area contributed by atoms with Crippen LogP contribution in [0.4, 0.5) is 4.39 Å². The lowest BCUT2D eigenvalue weighted by Crippen LogP contribution is -2.57. The summed E-state index contributed by atoms with van der Waals surface area (Å²) in [5.41, 5.74) is -1.96. The fraction of sp³-hybridized carbons (Fsp3) is 0.438.